The maximum atomic E-state index is 12.2. The number of aryl methyl sites for hydroxylation is 1. The molecule has 2 aliphatic rings. The van der Waals surface area contributed by atoms with E-state index in [2.05, 4.69) is 9.97 Å². The van der Waals surface area contributed by atoms with Gasteiger partial charge in [-0.05, 0) is 24.4 Å². The summed E-state index contributed by atoms with van der Waals surface area (Å²) in [6.45, 7) is 0.763. The lowest BCUT2D eigenvalue weighted by Gasteiger charge is -2.39. The Morgan fingerprint density at radius 2 is 2.22 bits per heavy atom. The number of hydrogen-bond acceptors (Lipinski definition) is 6. The van der Waals surface area contributed by atoms with Crippen molar-refractivity contribution in [2.24, 2.45) is 0 Å². The van der Waals surface area contributed by atoms with Gasteiger partial charge in [-0.3, -0.25) is 4.79 Å². The minimum atomic E-state index is -1.18. The molecule has 1 amide bonds. The van der Waals surface area contributed by atoms with Crippen LogP contribution in [0.5, 0.6) is 11.5 Å². The zero-order valence-corrected chi connectivity index (χ0v) is 14.4. The molecule has 9 nitrogen and oxygen atoms in total. The second kappa shape index (κ2) is 6.95. The molecule has 3 heterocycles. The number of H-pyrrole nitrogens is 1. The van der Waals surface area contributed by atoms with Gasteiger partial charge in [0.25, 0.3) is 0 Å². The maximum absolute atomic E-state index is 12.2. The number of amides is 1. The number of nitrogens with one attached hydrogen (secondary N) is 1. The summed E-state index contributed by atoms with van der Waals surface area (Å²) in [5, 5.41) is 19.3. The molecule has 140 valence electrons. The first-order valence-corrected chi connectivity index (χ1v) is 8.67. The smallest absolute Gasteiger partial charge is 0.522 e. The number of imidazole rings is 1. The Labute approximate surface area is 155 Å². The van der Waals surface area contributed by atoms with Gasteiger partial charge in [0, 0.05) is 11.9 Å². The van der Waals surface area contributed by atoms with E-state index in [-0.39, 0.29) is 35.5 Å². The Hall–Kier alpha value is -3.01. The Morgan fingerprint density at radius 3 is 2.93 bits per heavy atom. The van der Waals surface area contributed by atoms with Crippen LogP contribution in [-0.2, 0) is 17.6 Å². The van der Waals surface area contributed by atoms with Crippen LogP contribution in [0.1, 0.15) is 21.6 Å². The largest absolute Gasteiger partial charge is 0.535 e. The van der Waals surface area contributed by atoms with Gasteiger partial charge in [0.15, 0.2) is 0 Å². The third-order valence-electron chi connectivity index (χ3n) is 4.72. The normalized spacial score (nSPS) is 16.3. The van der Waals surface area contributed by atoms with Crippen molar-refractivity contribution >= 4 is 19.0 Å². The fraction of sp³-hybridized carbons (Fsp3) is 0.353. The number of carbonyl (C=O) groups is 2. The predicted octanol–water partition coefficient (Wildman–Crippen LogP) is 0.356. The van der Waals surface area contributed by atoms with E-state index in [1.807, 2.05) is 0 Å². The Kier molecular flexibility index (Phi) is 4.48. The third-order valence-corrected chi connectivity index (χ3v) is 4.72. The first kappa shape index (κ1) is 17.4. The molecule has 0 atom stereocenters. The van der Waals surface area contributed by atoms with Crippen LogP contribution in [0.15, 0.2) is 24.7 Å². The van der Waals surface area contributed by atoms with Crippen molar-refractivity contribution in [1.29, 1.82) is 0 Å². The summed E-state index contributed by atoms with van der Waals surface area (Å²) in [6.07, 6.45) is 4.02. The summed E-state index contributed by atoms with van der Waals surface area (Å²) in [5.74, 6) is -0.886. The summed E-state index contributed by atoms with van der Waals surface area (Å²) in [6, 6.07) is 3.36. The summed E-state index contributed by atoms with van der Waals surface area (Å²) in [7, 11) is -1.02. The number of rotatable bonds is 5. The van der Waals surface area contributed by atoms with Crippen molar-refractivity contribution in [3.05, 3.63) is 41.5 Å². The summed E-state index contributed by atoms with van der Waals surface area (Å²) >= 11 is 0. The Morgan fingerprint density at radius 1 is 1.41 bits per heavy atom. The lowest BCUT2D eigenvalue weighted by atomic mass is 9.78. The molecule has 0 aliphatic carbocycles. The molecule has 0 unspecified atom stereocenters. The summed E-state index contributed by atoms with van der Waals surface area (Å²) < 4.78 is 11.1. The molecule has 1 fully saturated rings. The van der Waals surface area contributed by atoms with Crippen LogP contribution >= 0.6 is 0 Å². The molecule has 0 saturated carbocycles. The molecule has 2 aromatic rings. The van der Waals surface area contributed by atoms with Gasteiger partial charge in [-0.2, -0.15) is 0 Å². The van der Waals surface area contributed by atoms with Crippen molar-refractivity contribution < 1.29 is 29.1 Å². The number of carboxylic acid groups (broad SMARTS) is 1. The highest BCUT2D eigenvalue weighted by Gasteiger charge is 2.35. The number of likely N-dealkylation sites (tertiary alicyclic amines) is 1. The highest BCUT2D eigenvalue weighted by Crippen LogP contribution is 2.37. The quantitative estimate of drug-likeness (QED) is 0.648. The molecule has 1 aromatic carbocycles. The molecular weight excluding hydrogens is 353 g/mol. The number of carboxylic acids is 1. The minimum Gasteiger partial charge on any atom is -0.535 e. The standard InChI is InChI=1S/C17H18BN3O6/c22-14(5-11-6-19-9-20-11)21-7-12(8-21)26-13-2-1-10-3-4-18(25)27-16(10)15(13)17(23)24/h1-2,6,9,12,25H,3-5,7-8H2,(H,19,20)(H,23,24). The molecule has 10 heteroatoms. The van der Waals surface area contributed by atoms with Gasteiger partial charge in [0.2, 0.25) is 5.91 Å². The SMILES string of the molecule is O=C(O)c1c(OC2CN(C(=O)Cc3cnc[nH]3)C2)ccc2c1OB(O)CC2. The lowest BCUT2D eigenvalue weighted by Crippen LogP contribution is -2.56. The van der Waals surface area contributed by atoms with Crippen molar-refractivity contribution in [2.45, 2.75) is 25.3 Å². The van der Waals surface area contributed by atoms with Crippen LogP contribution in [-0.4, -0.2) is 63.2 Å². The topological polar surface area (TPSA) is 125 Å². The number of aromatic carboxylic acids is 1. The Bertz CT molecular complexity index is 866. The van der Waals surface area contributed by atoms with Gasteiger partial charge in [-0.15, -0.1) is 0 Å². The van der Waals surface area contributed by atoms with E-state index >= 15 is 0 Å². The van der Waals surface area contributed by atoms with Crippen molar-refractivity contribution in [3.63, 3.8) is 0 Å². The van der Waals surface area contributed by atoms with E-state index in [0.717, 1.165) is 11.3 Å². The van der Waals surface area contributed by atoms with Crippen molar-refractivity contribution in [3.8, 4) is 11.5 Å². The van der Waals surface area contributed by atoms with Crippen LogP contribution < -0.4 is 9.39 Å². The monoisotopic (exact) mass is 371 g/mol. The molecule has 0 spiro atoms. The number of ether oxygens (including phenoxy) is 1. The molecule has 27 heavy (non-hydrogen) atoms. The van der Waals surface area contributed by atoms with E-state index in [0.29, 0.717) is 25.8 Å². The second-order valence-corrected chi connectivity index (χ2v) is 6.64. The summed E-state index contributed by atoms with van der Waals surface area (Å²) in [5.41, 5.74) is 1.38. The highest BCUT2D eigenvalue weighted by atomic mass is 16.5. The third kappa shape index (κ3) is 3.48. The molecular formula is C17H18BN3O6. The van der Waals surface area contributed by atoms with E-state index in [1.165, 1.54) is 6.33 Å². The molecule has 1 aromatic heterocycles. The fourth-order valence-corrected chi connectivity index (χ4v) is 3.27. The summed E-state index contributed by atoms with van der Waals surface area (Å²) in [4.78, 5) is 32.3. The predicted molar refractivity (Wildman–Crippen MR) is 93.8 cm³/mol. The highest BCUT2D eigenvalue weighted by molar-refractivity contribution is 6.44. The van der Waals surface area contributed by atoms with Crippen LogP contribution in [0.4, 0.5) is 0 Å². The first-order chi connectivity index (χ1) is 13.0. The number of carbonyl (C=O) groups excluding carboxylic acids is 1. The van der Waals surface area contributed by atoms with E-state index in [9.17, 15) is 19.7 Å². The average Bonchev–Trinajstić information content (AvgIpc) is 3.09. The van der Waals surface area contributed by atoms with E-state index < -0.39 is 13.1 Å². The van der Waals surface area contributed by atoms with Crippen LogP contribution in [0.2, 0.25) is 6.32 Å². The number of fused-ring (bicyclic) bond motifs is 1. The van der Waals surface area contributed by atoms with E-state index in [1.54, 1.807) is 23.2 Å². The van der Waals surface area contributed by atoms with Gasteiger partial charge in [0.05, 0.1) is 25.8 Å². The van der Waals surface area contributed by atoms with Gasteiger partial charge in [-0.1, -0.05) is 6.07 Å². The first-order valence-electron chi connectivity index (χ1n) is 8.67. The number of aromatic amines is 1. The van der Waals surface area contributed by atoms with Crippen LogP contribution in [0.25, 0.3) is 0 Å². The average molecular weight is 371 g/mol. The van der Waals surface area contributed by atoms with Crippen LogP contribution in [0, 0.1) is 0 Å². The van der Waals surface area contributed by atoms with Crippen LogP contribution in [0.3, 0.4) is 0 Å². The Balaban J connectivity index is 1.43. The fourth-order valence-electron chi connectivity index (χ4n) is 3.27. The van der Waals surface area contributed by atoms with E-state index in [4.69, 9.17) is 9.39 Å². The molecule has 1 saturated heterocycles. The van der Waals surface area contributed by atoms with Gasteiger partial charge in [0.1, 0.15) is 23.2 Å². The van der Waals surface area contributed by atoms with Gasteiger partial charge >= 0.3 is 13.1 Å². The zero-order chi connectivity index (χ0) is 19.0. The van der Waals surface area contributed by atoms with Crippen molar-refractivity contribution in [1.82, 2.24) is 14.9 Å². The number of benzene rings is 1. The molecule has 3 N–H and O–H groups in total. The zero-order valence-electron chi connectivity index (χ0n) is 14.4. The number of aromatic nitrogens is 2. The molecule has 4 rings (SSSR count). The molecule has 2 aliphatic heterocycles. The molecule has 0 radical (unpaired) electrons. The van der Waals surface area contributed by atoms with Crippen molar-refractivity contribution in [2.75, 3.05) is 13.1 Å². The minimum absolute atomic E-state index is 0.0468. The second-order valence-electron chi connectivity index (χ2n) is 6.64. The molecule has 0 bridgehead atoms. The number of nitrogens with zero attached hydrogens (tertiary/aromatic N) is 2. The lowest BCUT2D eigenvalue weighted by molar-refractivity contribution is -0.139. The maximum Gasteiger partial charge on any atom is 0.522 e. The number of hydrogen-bond donors (Lipinski definition) is 3. The van der Waals surface area contributed by atoms with Gasteiger partial charge in [-0.25, -0.2) is 9.78 Å². The van der Waals surface area contributed by atoms with Gasteiger partial charge < -0.3 is 29.4 Å².